The number of ketones is 1. The number of sulfone groups is 1. The van der Waals surface area contributed by atoms with E-state index in [1.807, 2.05) is 31.5 Å². The predicted molar refractivity (Wildman–Crippen MR) is 98.3 cm³/mol. The van der Waals surface area contributed by atoms with E-state index in [0.717, 1.165) is 29.1 Å². The summed E-state index contributed by atoms with van der Waals surface area (Å²) >= 11 is 0. The summed E-state index contributed by atoms with van der Waals surface area (Å²) in [5.41, 5.74) is 2.37. The van der Waals surface area contributed by atoms with Crippen molar-refractivity contribution in [2.75, 3.05) is 31.6 Å². The molecule has 0 aromatic carbocycles. The van der Waals surface area contributed by atoms with Crippen molar-refractivity contribution in [3.8, 4) is 0 Å². The Morgan fingerprint density at radius 2 is 1.92 bits per heavy atom. The van der Waals surface area contributed by atoms with Gasteiger partial charge < -0.3 is 14.8 Å². The fourth-order valence-corrected chi connectivity index (χ4v) is 5.51. The molecule has 1 amide bonds. The molecule has 2 atom stereocenters. The molecule has 26 heavy (non-hydrogen) atoms. The summed E-state index contributed by atoms with van der Waals surface area (Å²) in [7, 11) is -1.14. The number of quaternary nitrogens is 1. The number of nitrogens with zero attached hydrogens (tertiary/aromatic N) is 1. The Bertz CT molecular complexity index is 824. The van der Waals surface area contributed by atoms with Gasteiger partial charge in [-0.3, -0.25) is 9.59 Å². The molecule has 1 aliphatic carbocycles. The highest BCUT2D eigenvalue weighted by Gasteiger charge is 2.32. The predicted octanol–water partition coefficient (Wildman–Crippen LogP) is -0.559. The molecule has 1 aromatic rings. The lowest BCUT2D eigenvalue weighted by atomic mass is 10.1. The monoisotopic (exact) mass is 382 g/mol. The normalized spacial score (nSPS) is 23.0. The number of aryl methyl sites for hydroxylation is 1. The van der Waals surface area contributed by atoms with Crippen LogP contribution in [0, 0.1) is 13.8 Å². The molecule has 0 bridgehead atoms. The summed E-state index contributed by atoms with van der Waals surface area (Å²) < 4.78 is 25.6. The second-order valence-electron chi connectivity index (χ2n) is 7.79. The number of likely N-dealkylation sites (N-methyl/N-ethyl adjacent to an activating group) is 1. The van der Waals surface area contributed by atoms with E-state index in [1.54, 1.807) is 0 Å². The zero-order chi connectivity index (χ0) is 19.1. The maximum atomic E-state index is 12.7. The molecule has 0 spiro atoms. The SMILES string of the molecule is Cc1cc(C(=O)C[NH+](C)CC(=O)NC2CC2)c(C)n1[C@@H]1CCS(=O)(=O)C1. The molecule has 1 saturated carbocycles. The lowest BCUT2D eigenvalue weighted by molar-refractivity contribution is -0.862. The molecule has 1 aromatic heterocycles. The third-order valence-corrected chi connectivity index (χ3v) is 6.98. The molecule has 144 valence electrons. The topological polar surface area (TPSA) is 89.7 Å². The van der Waals surface area contributed by atoms with Gasteiger partial charge in [0.15, 0.2) is 16.4 Å². The molecule has 1 unspecified atom stereocenters. The summed E-state index contributed by atoms with van der Waals surface area (Å²) in [5.74, 6) is 0.325. The number of aromatic nitrogens is 1. The molecular weight excluding hydrogens is 354 g/mol. The number of carbonyl (C=O) groups excluding carboxylic acids is 2. The van der Waals surface area contributed by atoms with Crippen LogP contribution in [0.2, 0.25) is 0 Å². The zero-order valence-corrected chi connectivity index (χ0v) is 16.5. The lowest BCUT2D eigenvalue weighted by Crippen LogP contribution is -3.11. The average molecular weight is 383 g/mol. The first-order valence-electron chi connectivity index (χ1n) is 9.19. The van der Waals surface area contributed by atoms with Crippen molar-refractivity contribution < 1.29 is 22.9 Å². The number of hydrogen-bond donors (Lipinski definition) is 2. The van der Waals surface area contributed by atoms with Crippen LogP contribution in [0.3, 0.4) is 0 Å². The highest BCUT2D eigenvalue weighted by molar-refractivity contribution is 7.91. The van der Waals surface area contributed by atoms with Gasteiger partial charge in [-0.15, -0.1) is 0 Å². The van der Waals surface area contributed by atoms with Gasteiger partial charge in [0.05, 0.1) is 18.6 Å². The number of rotatable bonds is 7. The Balaban J connectivity index is 1.66. The molecule has 1 saturated heterocycles. The summed E-state index contributed by atoms with van der Waals surface area (Å²) in [6, 6.07) is 2.09. The van der Waals surface area contributed by atoms with Crippen molar-refractivity contribution in [2.24, 2.45) is 0 Å². The fraction of sp³-hybridized carbons (Fsp3) is 0.667. The first-order chi connectivity index (χ1) is 12.2. The van der Waals surface area contributed by atoms with Gasteiger partial charge in [0.2, 0.25) is 5.78 Å². The van der Waals surface area contributed by atoms with Crippen molar-refractivity contribution in [2.45, 2.75) is 45.2 Å². The second kappa shape index (κ2) is 7.15. The highest BCUT2D eigenvalue weighted by Crippen LogP contribution is 2.29. The van der Waals surface area contributed by atoms with Crippen molar-refractivity contribution in [1.82, 2.24) is 9.88 Å². The number of nitrogens with one attached hydrogen (secondary N) is 2. The zero-order valence-electron chi connectivity index (χ0n) is 15.7. The smallest absolute Gasteiger partial charge is 0.275 e. The average Bonchev–Trinajstić information content (AvgIpc) is 3.18. The first kappa shape index (κ1) is 19.1. The number of carbonyl (C=O) groups is 2. The van der Waals surface area contributed by atoms with Gasteiger partial charge >= 0.3 is 0 Å². The van der Waals surface area contributed by atoms with E-state index < -0.39 is 9.84 Å². The second-order valence-corrected chi connectivity index (χ2v) is 10.0. The minimum atomic E-state index is -2.98. The Morgan fingerprint density at radius 1 is 1.23 bits per heavy atom. The van der Waals surface area contributed by atoms with Gasteiger partial charge in [-0.05, 0) is 39.2 Å². The van der Waals surface area contributed by atoms with Crippen molar-refractivity contribution in [3.05, 3.63) is 23.0 Å². The maximum absolute atomic E-state index is 12.7. The van der Waals surface area contributed by atoms with Crippen LogP contribution in [0.4, 0.5) is 0 Å². The van der Waals surface area contributed by atoms with E-state index in [1.165, 1.54) is 0 Å². The maximum Gasteiger partial charge on any atom is 0.275 e. The molecule has 1 aliphatic heterocycles. The molecule has 7 nitrogen and oxygen atoms in total. The lowest BCUT2D eigenvalue weighted by Gasteiger charge is -2.16. The molecule has 2 fully saturated rings. The van der Waals surface area contributed by atoms with E-state index in [9.17, 15) is 18.0 Å². The van der Waals surface area contributed by atoms with Crippen LogP contribution in [-0.4, -0.2) is 62.4 Å². The van der Waals surface area contributed by atoms with Crippen LogP contribution in [0.5, 0.6) is 0 Å². The molecule has 2 heterocycles. The number of Topliss-reactive ketones (excluding diaryl/α,β-unsaturated/α-hetero) is 1. The van der Waals surface area contributed by atoms with Gasteiger partial charge in [0, 0.05) is 29.0 Å². The minimum absolute atomic E-state index is 0.0121. The van der Waals surface area contributed by atoms with E-state index >= 15 is 0 Å². The standard InChI is InChI=1S/C18H27N3O4S/c1-12-8-16(13(2)21(12)15-6-7-26(24,25)11-15)17(22)9-20(3)10-18(23)19-14-4-5-14/h8,14-15H,4-7,9-11H2,1-3H3,(H,19,23)/p+1/t15-/m1/s1. The number of hydrogen-bond acceptors (Lipinski definition) is 4. The van der Waals surface area contributed by atoms with E-state index in [-0.39, 0.29) is 42.3 Å². The van der Waals surface area contributed by atoms with Gasteiger partial charge in [-0.2, -0.15) is 0 Å². The van der Waals surface area contributed by atoms with Gasteiger partial charge in [-0.25, -0.2) is 8.42 Å². The third kappa shape index (κ3) is 4.35. The van der Waals surface area contributed by atoms with E-state index in [0.29, 0.717) is 18.0 Å². The molecule has 2 aliphatic rings. The largest absolute Gasteiger partial charge is 0.348 e. The van der Waals surface area contributed by atoms with E-state index in [2.05, 4.69) is 5.32 Å². The highest BCUT2D eigenvalue weighted by atomic mass is 32.2. The van der Waals surface area contributed by atoms with Crippen LogP contribution < -0.4 is 10.2 Å². The van der Waals surface area contributed by atoms with Crippen molar-refractivity contribution in [1.29, 1.82) is 0 Å². The van der Waals surface area contributed by atoms with Crippen molar-refractivity contribution in [3.63, 3.8) is 0 Å². The van der Waals surface area contributed by atoms with Crippen LogP contribution in [0.25, 0.3) is 0 Å². The van der Waals surface area contributed by atoms with Crippen molar-refractivity contribution >= 4 is 21.5 Å². The quantitative estimate of drug-likeness (QED) is 0.619. The van der Waals surface area contributed by atoms with Crippen LogP contribution in [0.1, 0.15) is 47.1 Å². The third-order valence-electron chi connectivity index (χ3n) is 5.23. The van der Waals surface area contributed by atoms with Crippen LogP contribution in [0.15, 0.2) is 6.07 Å². The molecule has 0 radical (unpaired) electrons. The summed E-state index contributed by atoms with van der Waals surface area (Å²) in [6.45, 7) is 4.31. The molecular formula is C18H28N3O4S+. The summed E-state index contributed by atoms with van der Waals surface area (Å²) in [4.78, 5) is 25.4. The molecule has 3 rings (SSSR count). The van der Waals surface area contributed by atoms with Crippen LogP contribution >= 0.6 is 0 Å². The molecule has 8 heteroatoms. The van der Waals surface area contributed by atoms with Gasteiger partial charge in [-0.1, -0.05) is 0 Å². The Hall–Kier alpha value is -1.67. The Morgan fingerprint density at radius 3 is 2.50 bits per heavy atom. The Kier molecular flexibility index (Phi) is 5.25. The Labute approximate surface area is 154 Å². The van der Waals surface area contributed by atoms with Crippen LogP contribution in [-0.2, 0) is 14.6 Å². The van der Waals surface area contributed by atoms with Gasteiger partial charge in [0.25, 0.3) is 5.91 Å². The van der Waals surface area contributed by atoms with Gasteiger partial charge in [0.1, 0.15) is 6.54 Å². The summed E-state index contributed by atoms with van der Waals surface area (Å²) in [6.07, 6.45) is 2.69. The first-order valence-corrected chi connectivity index (χ1v) is 11.0. The fourth-order valence-electron chi connectivity index (χ4n) is 3.81. The number of amides is 1. The van der Waals surface area contributed by atoms with E-state index in [4.69, 9.17) is 0 Å². The minimum Gasteiger partial charge on any atom is -0.348 e. The molecule has 2 N–H and O–H groups in total. The summed E-state index contributed by atoms with van der Waals surface area (Å²) in [5, 5.41) is 2.94.